The van der Waals surface area contributed by atoms with Crippen molar-refractivity contribution >= 4 is 62.6 Å². The number of nitrogens with zero attached hydrogens (tertiary/aromatic N) is 5. The van der Waals surface area contributed by atoms with Gasteiger partial charge in [0.1, 0.15) is 35.8 Å². The molecule has 0 bridgehead atoms. The first-order valence-corrected chi connectivity index (χ1v) is 20.4. The third-order valence-electron chi connectivity index (χ3n) is 11.3. The van der Waals surface area contributed by atoms with Crippen LogP contribution in [0, 0.1) is 27.7 Å². The molecule has 7 aromatic rings. The minimum Gasteiger partial charge on any atom is -0.494 e. The van der Waals surface area contributed by atoms with Gasteiger partial charge < -0.3 is 28.2 Å². The molecule has 0 unspecified atom stereocenters. The summed E-state index contributed by atoms with van der Waals surface area (Å²) < 4.78 is 21.7. The zero-order chi connectivity index (χ0) is 41.7. The van der Waals surface area contributed by atoms with Crippen molar-refractivity contribution in [3.63, 3.8) is 0 Å². The fraction of sp³-hybridized carbons (Fsp3) is 0.277. The highest BCUT2D eigenvalue weighted by Crippen LogP contribution is 2.46. The van der Waals surface area contributed by atoms with E-state index in [9.17, 15) is 4.79 Å². The molecule has 3 aromatic heterocycles. The van der Waals surface area contributed by atoms with E-state index in [1.54, 1.807) is 17.0 Å². The van der Waals surface area contributed by atoms with Gasteiger partial charge in [0.25, 0.3) is 5.91 Å². The molecule has 0 saturated carbocycles. The first-order chi connectivity index (χ1) is 28.4. The zero-order valence-electron chi connectivity index (χ0n) is 34.2. The number of aromatic nitrogens is 4. The number of aryl methyl sites for hydroxylation is 6. The molecule has 0 spiro atoms. The molecule has 0 fully saturated rings. The predicted octanol–water partition coefficient (Wildman–Crippen LogP) is 10.7. The van der Waals surface area contributed by atoms with E-state index in [-0.39, 0.29) is 11.9 Å². The maximum atomic E-state index is 15.5. The molecule has 1 atom stereocenters. The van der Waals surface area contributed by atoms with Gasteiger partial charge in [-0.05, 0) is 100 Å². The topological polar surface area (TPSA) is 101 Å². The Kier molecular flexibility index (Phi) is 10.9. The Labute approximate surface area is 353 Å². The average molecular weight is 831 g/mol. The quantitative estimate of drug-likeness (QED) is 0.0945. The second kappa shape index (κ2) is 16.1. The molecule has 1 amide bonds. The van der Waals surface area contributed by atoms with E-state index in [1.807, 2.05) is 106 Å². The summed E-state index contributed by atoms with van der Waals surface area (Å²) in [5.74, 6) is 0.661. The molecular formula is C47H45Cl2N5O5. The lowest BCUT2D eigenvalue weighted by molar-refractivity contribution is 0.0590. The van der Waals surface area contributed by atoms with Crippen LogP contribution in [0.4, 0.5) is 5.69 Å². The molecule has 8 rings (SSSR count). The van der Waals surface area contributed by atoms with E-state index in [1.165, 1.54) is 7.11 Å². The SMILES string of the molecule is COC(=O)c1cc2cc(OCc3ccccc3)cc(N3C[C@@H](C)n4c(c(CCCOc5cc(C)c(Cl)c(C)c5)c5ccc(Cl)c(-c6c(C)ncnc6C)c54)C3=O)c2n1C. The number of carbonyl (C=O) groups excluding carboxylic acids is 2. The average Bonchev–Trinajstić information content (AvgIpc) is 3.74. The number of carbonyl (C=O) groups is 2. The van der Waals surface area contributed by atoms with Crippen LogP contribution in [0.15, 0.2) is 79.1 Å². The number of hydrogen-bond acceptors (Lipinski definition) is 7. The summed E-state index contributed by atoms with van der Waals surface area (Å²) in [5, 5.41) is 2.95. The second-order valence-corrected chi connectivity index (χ2v) is 16.0. The van der Waals surface area contributed by atoms with Gasteiger partial charge in [0.05, 0.1) is 35.5 Å². The van der Waals surface area contributed by atoms with Gasteiger partial charge in [-0.1, -0.05) is 59.6 Å². The highest BCUT2D eigenvalue weighted by Gasteiger charge is 2.38. The maximum Gasteiger partial charge on any atom is 0.354 e. The van der Waals surface area contributed by atoms with Crippen LogP contribution in [0.3, 0.4) is 0 Å². The van der Waals surface area contributed by atoms with Gasteiger partial charge in [-0.3, -0.25) is 4.79 Å². The third kappa shape index (κ3) is 7.18. The van der Waals surface area contributed by atoms with Crippen molar-refractivity contribution in [2.75, 3.05) is 25.2 Å². The summed E-state index contributed by atoms with van der Waals surface area (Å²) in [5.41, 5.74) is 10.2. The van der Waals surface area contributed by atoms with E-state index >= 15 is 4.79 Å². The molecule has 4 aromatic carbocycles. The van der Waals surface area contributed by atoms with Crippen LogP contribution >= 0.6 is 23.2 Å². The van der Waals surface area contributed by atoms with Gasteiger partial charge in [0.15, 0.2) is 0 Å². The van der Waals surface area contributed by atoms with Crippen molar-refractivity contribution in [1.82, 2.24) is 19.1 Å². The number of rotatable bonds is 11. The second-order valence-electron chi connectivity index (χ2n) is 15.3. The summed E-state index contributed by atoms with van der Waals surface area (Å²) in [6.07, 6.45) is 2.74. The highest BCUT2D eigenvalue weighted by atomic mass is 35.5. The Bertz CT molecular complexity index is 2750. The van der Waals surface area contributed by atoms with Crippen LogP contribution in [0.25, 0.3) is 32.9 Å². The third-order valence-corrected chi connectivity index (χ3v) is 12.2. The highest BCUT2D eigenvalue weighted by molar-refractivity contribution is 6.35. The van der Waals surface area contributed by atoms with Crippen molar-refractivity contribution in [2.24, 2.45) is 7.05 Å². The number of ether oxygens (including phenoxy) is 3. The molecular weight excluding hydrogens is 785 g/mol. The molecule has 0 radical (unpaired) electrons. The summed E-state index contributed by atoms with van der Waals surface area (Å²) in [7, 11) is 3.17. The van der Waals surface area contributed by atoms with Crippen molar-refractivity contribution in [3.8, 4) is 22.6 Å². The van der Waals surface area contributed by atoms with Gasteiger partial charge in [0.2, 0.25) is 0 Å². The van der Waals surface area contributed by atoms with Gasteiger partial charge in [-0.2, -0.15) is 0 Å². The molecule has 12 heteroatoms. The number of halogens is 2. The lowest BCUT2D eigenvalue weighted by atomic mass is 9.97. The monoisotopic (exact) mass is 829 g/mol. The lowest BCUT2D eigenvalue weighted by Crippen LogP contribution is -2.43. The number of benzene rings is 4. The van der Waals surface area contributed by atoms with Gasteiger partial charge in [0, 0.05) is 64.0 Å². The van der Waals surface area contributed by atoms with Crippen molar-refractivity contribution in [3.05, 3.63) is 134 Å². The fourth-order valence-electron chi connectivity index (χ4n) is 8.54. The van der Waals surface area contributed by atoms with Crippen LogP contribution in [0.1, 0.15) is 74.0 Å². The molecule has 302 valence electrons. The molecule has 59 heavy (non-hydrogen) atoms. The van der Waals surface area contributed by atoms with E-state index in [4.69, 9.17) is 37.4 Å². The molecule has 1 aliphatic heterocycles. The standard InChI is InChI=1S/C47H45Cl2N5O5/c1-26-18-33(19-27(2)42(26)49)58-17-11-14-35-36-15-16-37(48)41(40-29(4)50-25-51-30(40)5)44(36)54-28(3)23-53(46(55)45(35)54)38-22-34(59-24-31-12-9-8-10-13-31)20-32-21-39(47(56)57-7)52(6)43(32)38/h8-10,12-13,15-16,18-22,25,28H,11,14,17,23-24H2,1-7H3/t28-/m1/s1. The predicted molar refractivity (Wildman–Crippen MR) is 234 cm³/mol. The molecule has 0 saturated heterocycles. The Balaban J connectivity index is 1.28. The Morgan fingerprint density at radius 2 is 1.56 bits per heavy atom. The van der Waals surface area contributed by atoms with Crippen LogP contribution in [-0.4, -0.2) is 51.2 Å². The fourth-order valence-corrected chi connectivity index (χ4v) is 8.90. The Hall–Kier alpha value is -5.84. The summed E-state index contributed by atoms with van der Waals surface area (Å²) in [4.78, 5) is 39.4. The van der Waals surface area contributed by atoms with E-state index in [0.717, 1.165) is 71.8 Å². The normalized spacial score (nSPS) is 13.9. The van der Waals surface area contributed by atoms with Crippen molar-refractivity contribution < 1.29 is 23.8 Å². The van der Waals surface area contributed by atoms with Crippen molar-refractivity contribution in [2.45, 2.75) is 60.1 Å². The minimum absolute atomic E-state index is 0.179. The van der Waals surface area contributed by atoms with Gasteiger partial charge >= 0.3 is 5.97 Å². The first-order valence-electron chi connectivity index (χ1n) is 19.6. The Morgan fingerprint density at radius 3 is 2.25 bits per heavy atom. The van der Waals surface area contributed by atoms with E-state index in [0.29, 0.717) is 66.0 Å². The molecule has 10 nitrogen and oxygen atoms in total. The number of fused-ring (bicyclic) bond motifs is 4. The number of esters is 1. The van der Waals surface area contributed by atoms with Gasteiger partial charge in [-0.25, -0.2) is 14.8 Å². The molecule has 4 heterocycles. The molecule has 1 aliphatic rings. The summed E-state index contributed by atoms with van der Waals surface area (Å²) in [6.45, 7) is 11.0. The summed E-state index contributed by atoms with van der Waals surface area (Å²) in [6, 6.07) is 23.1. The molecule has 0 aliphatic carbocycles. The van der Waals surface area contributed by atoms with Crippen LogP contribution in [0.2, 0.25) is 10.0 Å². The van der Waals surface area contributed by atoms with Crippen molar-refractivity contribution in [1.29, 1.82) is 0 Å². The van der Waals surface area contributed by atoms with Crippen LogP contribution < -0.4 is 14.4 Å². The zero-order valence-corrected chi connectivity index (χ0v) is 35.7. The number of anilines is 1. The largest absolute Gasteiger partial charge is 0.494 e. The molecule has 0 N–H and O–H groups in total. The van der Waals surface area contributed by atoms with Crippen LogP contribution in [0.5, 0.6) is 11.5 Å². The first kappa shape index (κ1) is 40.0. The number of methoxy groups -OCH3 is 1. The minimum atomic E-state index is -0.479. The number of hydrogen-bond donors (Lipinski definition) is 0. The smallest absolute Gasteiger partial charge is 0.354 e. The van der Waals surface area contributed by atoms with E-state index in [2.05, 4.69) is 21.5 Å². The Morgan fingerprint density at radius 1 is 0.864 bits per heavy atom. The van der Waals surface area contributed by atoms with Crippen LogP contribution in [-0.2, 0) is 24.8 Å². The van der Waals surface area contributed by atoms with Gasteiger partial charge in [-0.15, -0.1) is 0 Å². The maximum absolute atomic E-state index is 15.5. The summed E-state index contributed by atoms with van der Waals surface area (Å²) >= 11 is 13.6. The number of amides is 1. The lowest BCUT2D eigenvalue weighted by Gasteiger charge is -2.35. The van der Waals surface area contributed by atoms with E-state index < -0.39 is 5.97 Å².